The van der Waals surface area contributed by atoms with E-state index in [9.17, 15) is 0 Å². The van der Waals surface area contributed by atoms with Crippen molar-refractivity contribution in [3.63, 3.8) is 0 Å². The summed E-state index contributed by atoms with van der Waals surface area (Å²) < 4.78 is 5.28. The first-order valence-electron chi connectivity index (χ1n) is 7.13. The van der Waals surface area contributed by atoms with E-state index >= 15 is 0 Å². The van der Waals surface area contributed by atoms with Gasteiger partial charge in [-0.1, -0.05) is 25.5 Å². The van der Waals surface area contributed by atoms with Crippen LogP contribution in [-0.4, -0.2) is 13.2 Å². The summed E-state index contributed by atoms with van der Waals surface area (Å²) in [5, 5.41) is 3.76. The van der Waals surface area contributed by atoms with Crippen molar-refractivity contribution in [1.29, 1.82) is 0 Å². The highest BCUT2D eigenvalue weighted by atomic mass is 16.5. The number of ether oxygens (including phenoxy) is 1. The van der Waals surface area contributed by atoms with Crippen molar-refractivity contribution >= 4 is 0 Å². The summed E-state index contributed by atoms with van der Waals surface area (Å²) in [6, 6.07) is 9.46. The van der Waals surface area contributed by atoms with Gasteiger partial charge in [0.25, 0.3) is 0 Å². The third-order valence-corrected chi connectivity index (χ3v) is 4.20. The lowest BCUT2D eigenvalue weighted by Gasteiger charge is -2.20. The van der Waals surface area contributed by atoms with E-state index in [0.29, 0.717) is 12.1 Å². The number of methoxy groups -OCH3 is 1. The first-order valence-corrected chi connectivity index (χ1v) is 7.13. The van der Waals surface area contributed by atoms with E-state index in [0.717, 1.165) is 11.7 Å². The minimum Gasteiger partial charge on any atom is -0.497 e. The Bertz CT molecular complexity index is 377. The molecule has 0 bridgehead atoms. The van der Waals surface area contributed by atoms with Crippen molar-refractivity contribution in [2.24, 2.45) is 5.92 Å². The zero-order chi connectivity index (χ0) is 13.0. The van der Waals surface area contributed by atoms with E-state index in [1.165, 1.54) is 31.2 Å². The van der Waals surface area contributed by atoms with Crippen molar-refractivity contribution in [2.75, 3.05) is 7.11 Å². The van der Waals surface area contributed by atoms with E-state index in [4.69, 9.17) is 4.74 Å². The summed E-state index contributed by atoms with van der Waals surface area (Å²) in [5.41, 5.74) is 1.31. The molecular weight excluding hydrogens is 222 g/mol. The second-order valence-corrected chi connectivity index (χ2v) is 5.45. The molecule has 0 aliphatic heterocycles. The maximum atomic E-state index is 5.28. The lowest BCUT2D eigenvalue weighted by atomic mass is 10.0. The average molecular weight is 247 g/mol. The number of nitrogens with one attached hydrogen (secondary N) is 1. The fourth-order valence-electron chi connectivity index (χ4n) is 2.96. The Hall–Kier alpha value is -1.02. The zero-order valence-electron chi connectivity index (χ0n) is 11.8. The Kier molecular flexibility index (Phi) is 4.65. The highest BCUT2D eigenvalue weighted by molar-refractivity contribution is 5.30. The maximum absolute atomic E-state index is 5.28. The van der Waals surface area contributed by atoms with Gasteiger partial charge in [-0.3, -0.25) is 0 Å². The molecule has 2 heteroatoms. The van der Waals surface area contributed by atoms with Gasteiger partial charge in [0.05, 0.1) is 7.11 Å². The summed E-state index contributed by atoms with van der Waals surface area (Å²) >= 11 is 0. The SMILES string of the molecule is CCC1CCC(N[C@@H](C)c2cccc(OC)c2)C1. The van der Waals surface area contributed by atoms with Crippen molar-refractivity contribution in [3.8, 4) is 5.75 Å². The molecule has 3 atom stereocenters. The molecule has 2 unspecified atom stereocenters. The van der Waals surface area contributed by atoms with Crippen molar-refractivity contribution in [1.82, 2.24) is 5.32 Å². The van der Waals surface area contributed by atoms with Crippen LogP contribution in [0.5, 0.6) is 5.75 Å². The minimum atomic E-state index is 0.403. The standard InChI is InChI=1S/C16H25NO/c1-4-13-8-9-15(10-13)17-12(2)14-6-5-7-16(11-14)18-3/h5-7,11-13,15,17H,4,8-10H2,1-3H3/t12-,13?,15?/m0/s1. The molecule has 100 valence electrons. The Morgan fingerprint density at radius 1 is 1.39 bits per heavy atom. The van der Waals surface area contributed by atoms with Gasteiger partial charge in [0.15, 0.2) is 0 Å². The molecule has 1 aromatic rings. The van der Waals surface area contributed by atoms with Crippen LogP contribution in [0.2, 0.25) is 0 Å². The monoisotopic (exact) mass is 247 g/mol. The molecule has 18 heavy (non-hydrogen) atoms. The molecular formula is C16H25NO. The third kappa shape index (κ3) is 3.26. The number of hydrogen-bond acceptors (Lipinski definition) is 2. The van der Waals surface area contributed by atoms with Crippen molar-refractivity contribution in [2.45, 2.75) is 51.6 Å². The van der Waals surface area contributed by atoms with Crippen LogP contribution in [-0.2, 0) is 0 Å². The maximum Gasteiger partial charge on any atom is 0.119 e. The molecule has 1 aliphatic carbocycles. The molecule has 1 aliphatic rings. The smallest absolute Gasteiger partial charge is 0.119 e. The summed E-state index contributed by atoms with van der Waals surface area (Å²) in [7, 11) is 1.72. The summed E-state index contributed by atoms with van der Waals surface area (Å²) in [6.45, 7) is 4.55. The minimum absolute atomic E-state index is 0.403. The molecule has 0 aromatic heterocycles. The van der Waals surface area contributed by atoms with Crippen LogP contribution in [0.15, 0.2) is 24.3 Å². The summed E-state index contributed by atoms with van der Waals surface area (Å²) in [6.07, 6.45) is 5.38. The predicted octanol–water partition coefficient (Wildman–Crippen LogP) is 3.92. The molecule has 0 amide bonds. The van der Waals surface area contributed by atoms with Crippen molar-refractivity contribution in [3.05, 3.63) is 29.8 Å². The van der Waals surface area contributed by atoms with Gasteiger partial charge in [-0.2, -0.15) is 0 Å². The molecule has 0 radical (unpaired) electrons. The molecule has 1 N–H and O–H groups in total. The topological polar surface area (TPSA) is 21.3 Å². The Morgan fingerprint density at radius 2 is 2.22 bits per heavy atom. The fourth-order valence-corrected chi connectivity index (χ4v) is 2.96. The third-order valence-electron chi connectivity index (χ3n) is 4.20. The largest absolute Gasteiger partial charge is 0.497 e. The van der Waals surface area contributed by atoms with Gasteiger partial charge < -0.3 is 10.1 Å². The van der Waals surface area contributed by atoms with Gasteiger partial charge in [0.1, 0.15) is 5.75 Å². The van der Waals surface area contributed by atoms with Crippen LogP contribution in [0.25, 0.3) is 0 Å². The van der Waals surface area contributed by atoms with Crippen molar-refractivity contribution < 1.29 is 4.74 Å². The molecule has 1 aromatic carbocycles. The first kappa shape index (κ1) is 13.4. The van der Waals surface area contributed by atoms with E-state index < -0.39 is 0 Å². The highest BCUT2D eigenvalue weighted by Crippen LogP contribution is 2.30. The van der Waals surface area contributed by atoms with Crippen LogP contribution in [0, 0.1) is 5.92 Å². The predicted molar refractivity (Wildman–Crippen MR) is 76.0 cm³/mol. The first-order chi connectivity index (χ1) is 8.72. The normalized spacial score (nSPS) is 25.1. The molecule has 2 nitrogen and oxygen atoms in total. The van der Waals surface area contributed by atoms with Crippen LogP contribution in [0.3, 0.4) is 0 Å². The Morgan fingerprint density at radius 3 is 2.89 bits per heavy atom. The molecule has 2 rings (SSSR count). The van der Waals surface area contributed by atoms with E-state index in [1.807, 2.05) is 6.07 Å². The zero-order valence-corrected chi connectivity index (χ0v) is 11.8. The summed E-state index contributed by atoms with van der Waals surface area (Å²) in [4.78, 5) is 0. The second-order valence-electron chi connectivity index (χ2n) is 5.45. The summed E-state index contributed by atoms with van der Waals surface area (Å²) in [5.74, 6) is 1.87. The van der Waals surface area contributed by atoms with Gasteiger partial charge in [0, 0.05) is 12.1 Å². The lowest BCUT2D eigenvalue weighted by molar-refractivity contribution is 0.410. The number of rotatable bonds is 5. The quantitative estimate of drug-likeness (QED) is 0.851. The van der Waals surface area contributed by atoms with Crippen LogP contribution < -0.4 is 10.1 Å². The number of benzene rings is 1. The van der Waals surface area contributed by atoms with E-state index in [1.54, 1.807) is 7.11 Å². The van der Waals surface area contributed by atoms with Crippen LogP contribution >= 0.6 is 0 Å². The lowest BCUT2D eigenvalue weighted by Crippen LogP contribution is -2.29. The van der Waals surface area contributed by atoms with Gasteiger partial charge in [-0.15, -0.1) is 0 Å². The fraction of sp³-hybridized carbons (Fsp3) is 0.625. The van der Waals surface area contributed by atoms with Crippen LogP contribution in [0.4, 0.5) is 0 Å². The second kappa shape index (κ2) is 6.24. The average Bonchev–Trinajstić information content (AvgIpc) is 2.86. The molecule has 1 saturated carbocycles. The van der Waals surface area contributed by atoms with Gasteiger partial charge >= 0.3 is 0 Å². The number of hydrogen-bond donors (Lipinski definition) is 1. The Labute approximate surface area is 111 Å². The highest BCUT2D eigenvalue weighted by Gasteiger charge is 2.24. The van der Waals surface area contributed by atoms with E-state index in [2.05, 4.69) is 37.4 Å². The molecule has 1 fully saturated rings. The molecule has 0 heterocycles. The Balaban J connectivity index is 1.93. The van der Waals surface area contributed by atoms with Crippen LogP contribution in [0.1, 0.15) is 51.1 Å². The van der Waals surface area contributed by atoms with E-state index in [-0.39, 0.29) is 0 Å². The van der Waals surface area contributed by atoms with Gasteiger partial charge in [-0.25, -0.2) is 0 Å². The molecule has 0 spiro atoms. The van der Waals surface area contributed by atoms with Gasteiger partial charge in [-0.05, 0) is 49.8 Å². The van der Waals surface area contributed by atoms with Gasteiger partial charge in [0.2, 0.25) is 0 Å². The molecule has 0 saturated heterocycles.